The van der Waals surface area contributed by atoms with Crippen LogP contribution < -0.4 is 16.0 Å². The maximum atomic E-state index is 13.6. The van der Waals surface area contributed by atoms with Crippen LogP contribution in [0.1, 0.15) is 24.5 Å². The summed E-state index contributed by atoms with van der Waals surface area (Å²) in [6, 6.07) is 12.9. The number of hydrogen-bond donors (Lipinski definition) is 1. The predicted molar refractivity (Wildman–Crippen MR) is 150 cm³/mol. The van der Waals surface area contributed by atoms with E-state index in [9.17, 15) is 9.59 Å². The minimum absolute atomic E-state index is 0.380. The Balaban J connectivity index is 1.58. The van der Waals surface area contributed by atoms with Crippen LogP contribution in [0.4, 0.5) is 0 Å². The third-order valence-corrected chi connectivity index (χ3v) is 7.27. The molecule has 8 nitrogen and oxygen atoms in total. The highest BCUT2D eigenvalue weighted by atomic mass is 35.5. The minimum Gasteiger partial charge on any atom is -0.479 e. The van der Waals surface area contributed by atoms with Crippen molar-refractivity contribution in [3.8, 4) is 11.6 Å². The Morgan fingerprint density at radius 3 is 2.74 bits per heavy atom. The fraction of sp³-hybridized carbons (Fsp3) is 0.172. The number of aromatic amines is 1. The van der Waals surface area contributed by atoms with Crippen molar-refractivity contribution in [1.29, 1.82) is 0 Å². The number of halogens is 1. The van der Waals surface area contributed by atoms with E-state index >= 15 is 0 Å². The Hall–Kier alpha value is -4.43. The molecule has 2 aromatic carbocycles. The lowest BCUT2D eigenvalue weighted by Gasteiger charge is -2.30. The number of rotatable bonds is 4. The zero-order chi connectivity index (χ0) is 26.6. The van der Waals surface area contributed by atoms with Crippen molar-refractivity contribution in [1.82, 2.24) is 24.3 Å². The summed E-state index contributed by atoms with van der Waals surface area (Å²) in [7, 11) is 3.41. The van der Waals surface area contributed by atoms with Crippen molar-refractivity contribution in [2.45, 2.75) is 18.2 Å². The van der Waals surface area contributed by atoms with E-state index in [-0.39, 0.29) is 0 Å². The molecule has 3 aromatic heterocycles. The van der Waals surface area contributed by atoms with Crippen LogP contribution in [0, 0.1) is 0 Å². The predicted octanol–water partition coefficient (Wildman–Crippen LogP) is 4.84. The summed E-state index contributed by atoms with van der Waals surface area (Å²) < 4.78 is 8.35. The summed E-state index contributed by atoms with van der Waals surface area (Å²) in [5, 5.41) is 6.38. The van der Waals surface area contributed by atoms with Crippen molar-refractivity contribution in [2.24, 2.45) is 7.05 Å². The van der Waals surface area contributed by atoms with Crippen molar-refractivity contribution in [3.63, 3.8) is 0 Å². The molecule has 0 bridgehead atoms. The number of H-pyrrole nitrogens is 1. The number of fused-ring (bicyclic) bond motifs is 2. The van der Waals surface area contributed by atoms with Gasteiger partial charge in [0.2, 0.25) is 5.88 Å². The quantitative estimate of drug-likeness (QED) is 0.339. The third-order valence-electron chi connectivity index (χ3n) is 6.93. The summed E-state index contributed by atoms with van der Waals surface area (Å²) in [5.41, 5.74) is 3.22. The molecular formula is C29H24ClN5O3. The molecule has 6 rings (SSSR count). The van der Waals surface area contributed by atoms with E-state index in [1.807, 2.05) is 68.7 Å². The van der Waals surface area contributed by atoms with E-state index in [1.54, 1.807) is 24.1 Å². The molecule has 0 spiro atoms. The molecule has 1 aliphatic carbocycles. The number of benzene rings is 2. The van der Waals surface area contributed by atoms with Crippen LogP contribution in [-0.2, 0) is 7.05 Å². The van der Waals surface area contributed by atoms with Crippen molar-refractivity contribution in [2.75, 3.05) is 7.11 Å². The van der Waals surface area contributed by atoms with E-state index in [1.165, 1.54) is 6.20 Å². The maximum Gasteiger partial charge on any atom is 0.333 e. The molecule has 9 heteroatoms. The van der Waals surface area contributed by atoms with Crippen LogP contribution in [0.25, 0.3) is 38.5 Å². The number of allylic oxidation sites excluding steroid dienone is 4. The Kier molecular flexibility index (Phi) is 5.57. The Labute approximate surface area is 222 Å². The highest BCUT2D eigenvalue weighted by Gasteiger charge is 2.33. The summed E-state index contributed by atoms with van der Waals surface area (Å²) in [6.07, 6.45) is 9.77. The normalized spacial score (nSPS) is 17.5. The van der Waals surface area contributed by atoms with Gasteiger partial charge in [-0.3, -0.25) is 14.5 Å². The number of alkyl halides is 1. The highest BCUT2D eigenvalue weighted by molar-refractivity contribution is 6.32. The van der Waals surface area contributed by atoms with Gasteiger partial charge in [-0.1, -0.05) is 42.5 Å². The zero-order valence-electron chi connectivity index (χ0n) is 21.0. The van der Waals surface area contributed by atoms with Gasteiger partial charge in [0.05, 0.1) is 40.3 Å². The largest absolute Gasteiger partial charge is 0.479 e. The number of aromatic nitrogens is 5. The minimum atomic E-state index is -0.734. The topological polar surface area (TPSA) is 94.8 Å². The first-order chi connectivity index (χ1) is 18.3. The lowest BCUT2D eigenvalue weighted by molar-refractivity contribution is 0.391. The lowest BCUT2D eigenvalue weighted by Crippen LogP contribution is -2.34. The molecule has 0 amide bonds. The first-order valence-corrected chi connectivity index (χ1v) is 12.5. The van der Waals surface area contributed by atoms with Gasteiger partial charge in [0, 0.05) is 30.2 Å². The van der Waals surface area contributed by atoms with Gasteiger partial charge in [0.15, 0.2) is 0 Å². The molecular weight excluding hydrogens is 502 g/mol. The molecule has 0 aliphatic heterocycles. The van der Waals surface area contributed by atoms with Crippen molar-refractivity contribution >= 4 is 44.4 Å². The summed E-state index contributed by atoms with van der Waals surface area (Å²) in [6.45, 7) is 1.95. The summed E-state index contributed by atoms with van der Waals surface area (Å²) in [5.74, 6) is 0.486. The van der Waals surface area contributed by atoms with Gasteiger partial charge >= 0.3 is 5.69 Å². The van der Waals surface area contributed by atoms with Gasteiger partial charge in [-0.05, 0) is 42.2 Å². The van der Waals surface area contributed by atoms with Crippen LogP contribution >= 0.6 is 11.6 Å². The number of ether oxygens (including phenoxy) is 1. The highest BCUT2D eigenvalue weighted by Crippen LogP contribution is 2.46. The molecule has 1 aliphatic rings. The van der Waals surface area contributed by atoms with E-state index in [4.69, 9.17) is 16.3 Å². The number of nitrogens with one attached hydrogen (secondary N) is 1. The van der Waals surface area contributed by atoms with Crippen molar-refractivity contribution in [3.05, 3.63) is 105 Å². The monoisotopic (exact) mass is 525 g/mol. The fourth-order valence-electron chi connectivity index (χ4n) is 5.22. The van der Waals surface area contributed by atoms with E-state index in [0.29, 0.717) is 28.9 Å². The molecule has 0 radical (unpaired) electrons. The smallest absolute Gasteiger partial charge is 0.333 e. The number of hydrogen-bond acceptors (Lipinski definition) is 5. The number of aryl methyl sites for hydroxylation is 1. The Morgan fingerprint density at radius 2 is 1.92 bits per heavy atom. The van der Waals surface area contributed by atoms with Gasteiger partial charge in [0.25, 0.3) is 5.56 Å². The second-order valence-corrected chi connectivity index (χ2v) is 10.4. The van der Waals surface area contributed by atoms with Crippen LogP contribution in [0.2, 0.25) is 0 Å². The Bertz CT molecular complexity index is 1920. The van der Waals surface area contributed by atoms with Gasteiger partial charge in [0.1, 0.15) is 0 Å². The number of pyridine rings is 1. The second-order valence-electron chi connectivity index (χ2n) is 9.53. The van der Waals surface area contributed by atoms with Gasteiger partial charge in [-0.15, -0.1) is 16.7 Å². The molecule has 0 fully saturated rings. The third kappa shape index (κ3) is 3.76. The molecule has 0 saturated carbocycles. The second kappa shape index (κ2) is 8.85. The van der Waals surface area contributed by atoms with Gasteiger partial charge in [-0.25, -0.2) is 9.36 Å². The summed E-state index contributed by atoms with van der Waals surface area (Å²) in [4.78, 5) is 33.3. The fourth-order valence-corrected chi connectivity index (χ4v) is 5.52. The molecule has 1 atom stereocenters. The summed E-state index contributed by atoms with van der Waals surface area (Å²) >= 11 is 7.07. The molecule has 1 unspecified atom stereocenters. The van der Waals surface area contributed by atoms with Crippen LogP contribution in [-0.4, -0.2) is 36.3 Å². The molecule has 0 saturated heterocycles. The maximum absolute atomic E-state index is 13.6. The SMILES string of the molecule is COc1nn(C)cc1C1=C(c2ccc3c(=O)n(-c4cncc5ccccc45)c(=O)[nH]c3c2)C(C)(Cl)CC=C1. The van der Waals surface area contributed by atoms with Gasteiger partial charge < -0.3 is 9.72 Å². The average molecular weight is 526 g/mol. The van der Waals surface area contributed by atoms with E-state index < -0.39 is 16.1 Å². The van der Waals surface area contributed by atoms with Crippen LogP contribution in [0.5, 0.6) is 5.88 Å². The molecule has 3 heterocycles. The number of nitrogens with zero attached hydrogens (tertiary/aromatic N) is 4. The van der Waals surface area contributed by atoms with E-state index in [0.717, 1.165) is 37.6 Å². The van der Waals surface area contributed by atoms with Gasteiger partial charge in [-0.2, -0.15) is 0 Å². The lowest BCUT2D eigenvalue weighted by atomic mass is 9.81. The molecule has 1 N–H and O–H groups in total. The van der Waals surface area contributed by atoms with Crippen LogP contribution in [0.15, 0.2) is 82.8 Å². The molecule has 5 aromatic rings. The van der Waals surface area contributed by atoms with E-state index in [2.05, 4.69) is 15.1 Å². The standard InChI is InChI=1S/C29H24ClN5O3/c1-29(30)12-6-9-20(22-16-34(2)33-26(22)38-3)25(29)17-10-11-21-23(13-17)32-28(37)35(27(21)36)24-15-31-14-18-7-4-5-8-19(18)24/h4-11,13-16H,12H2,1-3H3,(H,32,37). The van der Waals surface area contributed by atoms with Crippen molar-refractivity contribution < 1.29 is 4.74 Å². The Morgan fingerprint density at radius 1 is 1.11 bits per heavy atom. The average Bonchev–Trinajstić information content (AvgIpc) is 3.28. The first kappa shape index (κ1) is 23.9. The first-order valence-electron chi connectivity index (χ1n) is 12.1. The zero-order valence-corrected chi connectivity index (χ0v) is 21.8. The molecule has 38 heavy (non-hydrogen) atoms. The van der Waals surface area contributed by atoms with Crippen LogP contribution in [0.3, 0.4) is 0 Å². The molecule has 190 valence electrons. The number of methoxy groups -OCH3 is 1.